The fourth-order valence-electron chi connectivity index (χ4n) is 3.74. The van der Waals surface area contributed by atoms with E-state index in [9.17, 15) is 14.7 Å². The lowest BCUT2D eigenvalue weighted by atomic mass is 10.1. The summed E-state index contributed by atoms with van der Waals surface area (Å²) in [7, 11) is 0. The molecule has 0 unspecified atom stereocenters. The highest BCUT2D eigenvalue weighted by Gasteiger charge is 2.23. The van der Waals surface area contributed by atoms with Crippen LogP contribution in [0, 0.1) is 0 Å². The number of hydrogen-bond donors (Lipinski definition) is 0. The number of aliphatic carboxylic acids is 1. The van der Waals surface area contributed by atoms with E-state index < -0.39 is 5.97 Å². The minimum absolute atomic E-state index is 0.0184. The molecule has 0 radical (unpaired) electrons. The number of aromatic nitrogens is 2. The van der Waals surface area contributed by atoms with E-state index in [2.05, 4.69) is 20.8 Å². The number of nitrogens with zero attached hydrogens (tertiary/aromatic N) is 4. The molecule has 1 aliphatic rings. The molecule has 7 nitrogen and oxygen atoms in total. The van der Waals surface area contributed by atoms with Crippen LogP contribution in [0.5, 0.6) is 0 Å². The Bertz CT molecular complexity index is 1100. The molecule has 0 saturated carbocycles. The van der Waals surface area contributed by atoms with E-state index in [0.29, 0.717) is 38.5 Å². The van der Waals surface area contributed by atoms with Crippen molar-refractivity contribution in [3.05, 3.63) is 53.0 Å². The van der Waals surface area contributed by atoms with Gasteiger partial charge in [0.25, 0.3) is 0 Å². The number of carbonyl (C=O) groups excluding carboxylic acids is 2. The highest BCUT2D eigenvalue weighted by atomic mass is 79.9. The molecule has 0 atom stereocenters. The van der Waals surface area contributed by atoms with Crippen molar-refractivity contribution in [1.29, 1.82) is 0 Å². The number of piperazine rings is 1. The van der Waals surface area contributed by atoms with Crippen LogP contribution in [0.4, 0.5) is 5.95 Å². The molecule has 8 heteroatoms. The maximum absolute atomic E-state index is 12.3. The summed E-state index contributed by atoms with van der Waals surface area (Å²) < 4.78 is 0.972. The summed E-state index contributed by atoms with van der Waals surface area (Å²) in [5.74, 6) is -0.486. The molecule has 31 heavy (non-hydrogen) atoms. The predicted octanol–water partition coefficient (Wildman–Crippen LogP) is 2.63. The molecule has 1 saturated heterocycles. The smallest absolute Gasteiger partial charge is 0.226 e. The van der Waals surface area contributed by atoms with Crippen molar-refractivity contribution in [2.45, 2.75) is 19.3 Å². The van der Waals surface area contributed by atoms with Crippen LogP contribution >= 0.6 is 15.9 Å². The van der Waals surface area contributed by atoms with Crippen molar-refractivity contribution in [3.63, 3.8) is 0 Å². The van der Waals surface area contributed by atoms with E-state index in [0.717, 1.165) is 26.6 Å². The van der Waals surface area contributed by atoms with Gasteiger partial charge in [-0.3, -0.25) is 4.79 Å². The maximum Gasteiger partial charge on any atom is 0.226 e. The van der Waals surface area contributed by atoms with Gasteiger partial charge in [-0.25, -0.2) is 9.97 Å². The zero-order chi connectivity index (χ0) is 21.8. The Morgan fingerprint density at radius 2 is 1.71 bits per heavy atom. The molecule has 1 aliphatic heterocycles. The molecule has 0 N–H and O–H groups in total. The van der Waals surface area contributed by atoms with Gasteiger partial charge >= 0.3 is 0 Å². The summed E-state index contributed by atoms with van der Waals surface area (Å²) in [5.41, 5.74) is 2.77. The van der Waals surface area contributed by atoms with Crippen molar-refractivity contribution < 1.29 is 14.7 Å². The van der Waals surface area contributed by atoms with Crippen molar-refractivity contribution in [2.75, 3.05) is 31.1 Å². The Morgan fingerprint density at radius 1 is 0.968 bits per heavy atom. The summed E-state index contributed by atoms with van der Waals surface area (Å²) in [6.07, 6.45) is 0.452. The molecule has 0 bridgehead atoms. The van der Waals surface area contributed by atoms with E-state index in [1.54, 1.807) is 4.90 Å². The maximum atomic E-state index is 12.3. The van der Waals surface area contributed by atoms with Crippen molar-refractivity contribution in [3.8, 4) is 11.3 Å². The quantitative estimate of drug-likeness (QED) is 0.537. The van der Waals surface area contributed by atoms with E-state index in [-0.39, 0.29) is 18.7 Å². The molecule has 0 spiro atoms. The van der Waals surface area contributed by atoms with E-state index >= 15 is 0 Å². The Kier molecular flexibility index (Phi) is 6.46. The average Bonchev–Trinajstić information content (AvgIpc) is 2.79. The van der Waals surface area contributed by atoms with Gasteiger partial charge in [-0.2, -0.15) is 0 Å². The minimum Gasteiger partial charge on any atom is -0.550 e. The number of carboxylic acids is 1. The second-order valence-electron chi connectivity index (χ2n) is 7.49. The number of benzene rings is 2. The summed E-state index contributed by atoms with van der Waals surface area (Å²) in [6.45, 7) is 2.38. The van der Waals surface area contributed by atoms with Crippen molar-refractivity contribution >= 4 is 44.7 Å². The first-order valence-electron chi connectivity index (χ1n) is 10.3. The Balaban J connectivity index is 1.54. The van der Waals surface area contributed by atoms with Crippen LogP contribution in [0.15, 0.2) is 53.0 Å². The number of halogens is 1. The average molecular weight is 482 g/mol. The SMILES string of the molecule is O=C([O-])CCCC(=O)N1CCN(c2nc(-c3ccccc3)c3cc(Br)ccc3n2)CC1. The van der Waals surface area contributed by atoms with Gasteiger partial charge in [0.15, 0.2) is 0 Å². The van der Waals surface area contributed by atoms with E-state index in [1.807, 2.05) is 48.5 Å². The van der Waals surface area contributed by atoms with Gasteiger partial charge in [-0.15, -0.1) is 0 Å². The first kappa shape index (κ1) is 21.2. The second kappa shape index (κ2) is 9.43. The Hall–Kier alpha value is -3.00. The number of carboxylic acid groups (broad SMARTS) is 1. The van der Waals surface area contributed by atoms with Crippen LogP contribution in [0.3, 0.4) is 0 Å². The Morgan fingerprint density at radius 3 is 2.42 bits per heavy atom. The molecule has 2 aromatic carbocycles. The first-order chi connectivity index (χ1) is 15.0. The van der Waals surface area contributed by atoms with Gasteiger partial charge in [0.2, 0.25) is 11.9 Å². The molecular formula is C23H22BrN4O3-. The highest BCUT2D eigenvalue weighted by molar-refractivity contribution is 9.10. The molecule has 2 heterocycles. The molecule has 160 valence electrons. The zero-order valence-corrected chi connectivity index (χ0v) is 18.5. The van der Waals surface area contributed by atoms with Crippen LogP contribution in [-0.4, -0.2) is 52.9 Å². The molecule has 0 aliphatic carbocycles. The lowest BCUT2D eigenvalue weighted by Crippen LogP contribution is -2.49. The van der Waals surface area contributed by atoms with Crippen LogP contribution in [0.2, 0.25) is 0 Å². The molecule has 1 aromatic heterocycles. The fraction of sp³-hybridized carbons (Fsp3) is 0.304. The summed E-state index contributed by atoms with van der Waals surface area (Å²) in [4.78, 5) is 36.4. The van der Waals surface area contributed by atoms with Crippen LogP contribution in [0.1, 0.15) is 19.3 Å². The van der Waals surface area contributed by atoms with Gasteiger partial charge in [0.1, 0.15) is 0 Å². The van der Waals surface area contributed by atoms with Crippen LogP contribution in [-0.2, 0) is 9.59 Å². The monoisotopic (exact) mass is 481 g/mol. The first-order valence-corrected chi connectivity index (χ1v) is 11.1. The number of amides is 1. The molecule has 1 fully saturated rings. The molecule has 4 rings (SSSR count). The number of rotatable bonds is 6. The summed E-state index contributed by atoms with van der Waals surface area (Å²) in [6, 6.07) is 16.0. The van der Waals surface area contributed by atoms with Gasteiger partial charge in [0, 0.05) is 54.0 Å². The number of anilines is 1. The van der Waals surface area contributed by atoms with Crippen LogP contribution in [0.25, 0.3) is 22.2 Å². The largest absolute Gasteiger partial charge is 0.550 e. The third kappa shape index (κ3) is 5.02. The third-order valence-electron chi connectivity index (χ3n) is 5.38. The highest BCUT2D eigenvalue weighted by Crippen LogP contribution is 2.30. The van der Waals surface area contributed by atoms with E-state index in [4.69, 9.17) is 9.97 Å². The van der Waals surface area contributed by atoms with E-state index in [1.165, 1.54) is 0 Å². The van der Waals surface area contributed by atoms with Crippen molar-refractivity contribution in [1.82, 2.24) is 14.9 Å². The fourth-order valence-corrected chi connectivity index (χ4v) is 4.10. The molecule has 3 aromatic rings. The Labute approximate surface area is 188 Å². The number of fused-ring (bicyclic) bond motifs is 1. The van der Waals surface area contributed by atoms with Gasteiger partial charge < -0.3 is 19.7 Å². The van der Waals surface area contributed by atoms with Crippen LogP contribution < -0.4 is 10.0 Å². The normalized spacial score (nSPS) is 14.1. The lowest BCUT2D eigenvalue weighted by molar-refractivity contribution is -0.305. The summed E-state index contributed by atoms with van der Waals surface area (Å²) in [5, 5.41) is 11.5. The van der Waals surface area contributed by atoms with Gasteiger partial charge in [0.05, 0.1) is 11.2 Å². The van der Waals surface area contributed by atoms with Gasteiger partial charge in [-0.05, 0) is 31.0 Å². The lowest BCUT2D eigenvalue weighted by Gasteiger charge is -2.35. The third-order valence-corrected chi connectivity index (χ3v) is 5.87. The number of carbonyl (C=O) groups is 2. The zero-order valence-electron chi connectivity index (χ0n) is 17.0. The molecular weight excluding hydrogens is 460 g/mol. The summed E-state index contributed by atoms with van der Waals surface area (Å²) >= 11 is 3.54. The topological polar surface area (TPSA) is 89.5 Å². The van der Waals surface area contributed by atoms with Crippen molar-refractivity contribution in [2.24, 2.45) is 0 Å². The molecule has 1 amide bonds. The second-order valence-corrected chi connectivity index (χ2v) is 8.41. The number of hydrogen-bond acceptors (Lipinski definition) is 6. The predicted molar refractivity (Wildman–Crippen MR) is 120 cm³/mol. The minimum atomic E-state index is -1.12. The standard InChI is InChI=1S/C23H23BrN4O3/c24-17-9-10-19-18(15-17)22(16-5-2-1-3-6-16)26-23(25-19)28-13-11-27(12-14-28)20(29)7-4-8-21(30)31/h1-3,5-6,9-10,15H,4,7-8,11-14H2,(H,30,31)/p-1. The van der Waals surface area contributed by atoms with Gasteiger partial charge in [-0.1, -0.05) is 46.3 Å².